The molecule has 0 spiro atoms. The lowest BCUT2D eigenvalue weighted by Gasteiger charge is -2.27. The van der Waals surface area contributed by atoms with Gasteiger partial charge in [-0.2, -0.15) is 0 Å². The van der Waals surface area contributed by atoms with E-state index >= 15 is 0 Å². The van der Waals surface area contributed by atoms with Crippen molar-refractivity contribution in [3.63, 3.8) is 0 Å². The van der Waals surface area contributed by atoms with Gasteiger partial charge in [0.05, 0.1) is 6.04 Å². The fourth-order valence-electron chi connectivity index (χ4n) is 3.72. The molecule has 8 nitrogen and oxygen atoms in total. The third kappa shape index (κ3) is 3.82. The maximum atomic E-state index is 12.9. The number of carbonyl (C=O) groups is 4. The molecule has 28 heavy (non-hydrogen) atoms. The summed E-state index contributed by atoms with van der Waals surface area (Å²) >= 11 is 0. The summed E-state index contributed by atoms with van der Waals surface area (Å²) in [6.45, 7) is 0.943. The lowest BCUT2D eigenvalue weighted by molar-refractivity contribution is -0.143. The van der Waals surface area contributed by atoms with Crippen LogP contribution in [0.2, 0.25) is 0 Å². The summed E-state index contributed by atoms with van der Waals surface area (Å²) in [7, 11) is 0. The quantitative estimate of drug-likeness (QED) is 0.402. The van der Waals surface area contributed by atoms with Gasteiger partial charge in [-0.15, -0.1) is 0 Å². The predicted molar refractivity (Wildman–Crippen MR) is 101 cm³/mol. The first-order valence-corrected chi connectivity index (χ1v) is 9.36. The number of hydrogen-bond donors (Lipinski definition) is 4. The molecule has 1 fully saturated rings. The van der Waals surface area contributed by atoms with Crippen LogP contribution in [-0.4, -0.2) is 36.2 Å². The lowest BCUT2D eigenvalue weighted by Crippen LogP contribution is -2.55. The Hall–Kier alpha value is -3.00. The van der Waals surface area contributed by atoms with E-state index in [1.54, 1.807) is 6.08 Å². The van der Waals surface area contributed by atoms with E-state index in [9.17, 15) is 19.2 Å². The molecule has 0 saturated carbocycles. The Labute approximate surface area is 162 Å². The van der Waals surface area contributed by atoms with Crippen molar-refractivity contribution >= 4 is 23.6 Å². The van der Waals surface area contributed by atoms with Crippen molar-refractivity contribution in [1.29, 1.82) is 0 Å². The van der Waals surface area contributed by atoms with Gasteiger partial charge in [0, 0.05) is 12.1 Å². The monoisotopic (exact) mass is 384 g/mol. The fraction of sp³-hybridized carbons (Fsp3) is 0.400. The molecule has 0 bridgehead atoms. The van der Waals surface area contributed by atoms with Gasteiger partial charge in [0.15, 0.2) is 5.41 Å². The van der Waals surface area contributed by atoms with Gasteiger partial charge in [-0.05, 0) is 37.8 Å². The molecule has 0 radical (unpaired) electrons. The van der Waals surface area contributed by atoms with E-state index < -0.39 is 35.1 Å². The molecule has 4 amide bonds. The number of allylic oxidation sites excluding steroid dienone is 1. The molecular weight excluding hydrogens is 360 g/mol. The molecule has 2 atom stereocenters. The van der Waals surface area contributed by atoms with Crippen LogP contribution in [0.15, 0.2) is 42.0 Å². The smallest absolute Gasteiger partial charge is 0.248 e. The topological polar surface area (TPSA) is 130 Å². The zero-order valence-corrected chi connectivity index (χ0v) is 15.5. The van der Waals surface area contributed by atoms with Crippen molar-refractivity contribution in [2.24, 2.45) is 11.1 Å². The summed E-state index contributed by atoms with van der Waals surface area (Å²) in [6.07, 6.45) is 3.40. The summed E-state index contributed by atoms with van der Waals surface area (Å²) in [4.78, 5) is 50.2. The molecule has 5 N–H and O–H groups in total. The van der Waals surface area contributed by atoms with Crippen LogP contribution in [-0.2, 0) is 25.7 Å². The van der Waals surface area contributed by atoms with Crippen LogP contribution in [0.25, 0.3) is 0 Å². The van der Waals surface area contributed by atoms with Crippen molar-refractivity contribution in [2.75, 3.05) is 6.54 Å². The van der Waals surface area contributed by atoms with Crippen molar-refractivity contribution in [3.05, 3.63) is 47.5 Å². The molecule has 1 aliphatic heterocycles. The average molecular weight is 384 g/mol. The number of nitrogens with one attached hydrogen (secondary N) is 3. The van der Waals surface area contributed by atoms with Crippen molar-refractivity contribution in [3.8, 4) is 0 Å². The molecule has 0 aromatic heterocycles. The van der Waals surface area contributed by atoms with Crippen LogP contribution in [0.3, 0.4) is 0 Å². The third-order valence-corrected chi connectivity index (χ3v) is 5.29. The zero-order valence-electron chi connectivity index (χ0n) is 15.5. The summed E-state index contributed by atoms with van der Waals surface area (Å²) in [6, 6.07) is 8.79. The molecule has 8 heteroatoms. The number of rotatable bonds is 6. The van der Waals surface area contributed by atoms with E-state index in [1.807, 2.05) is 30.3 Å². The van der Waals surface area contributed by atoms with Gasteiger partial charge in [0.2, 0.25) is 23.6 Å². The van der Waals surface area contributed by atoms with Crippen molar-refractivity contribution in [1.82, 2.24) is 16.0 Å². The van der Waals surface area contributed by atoms with E-state index in [2.05, 4.69) is 16.0 Å². The summed E-state index contributed by atoms with van der Waals surface area (Å²) in [5, 5.41) is 8.00. The highest BCUT2D eigenvalue weighted by Gasteiger charge is 2.53. The van der Waals surface area contributed by atoms with E-state index in [1.165, 1.54) is 0 Å². The highest BCUT2D eigenvalue weighted by molar-refractivity contribution is 6.19. The molecule has 1 aromatic carbocycles. The predicted octanol–water partition coefficient (Wildman–Crippen LogP) is -0.110. The van der Waals surface area contributed by atoms with Crippen LogP contribution < -0.4 is 21.7 Å². The third-order valence-electron chi connectivity index (χ3n) is 5.29. The largest absolute Gasteiger partial charge is 0.368 e. The number of benzene rings is 1. The van der Waals surface area contributed by atoms with E-state index in [-0.39, 0.29) is 18.5 Å². The normalized spacial score (nSPS) is 23.7. The molecule has 148 valence electrons. The molecule has 3 rings (SSSR count). The van der Waals surface area contributed by atoms with Gasteiger partial charge < -0.3 is 16.4 Å². The first-order chi connectivity index (χ1) is 13.4. The number of primary amides is 1. The van der Waals surface area contributed by atoms with Crippen LogP contribution >= 0.6 is 0 Å². The number of amides is 4. The molecule has 1 unspecified atom stereocenters. The first kappa shape index (κ1) is 19.8. The second-order valence-corrected chi connectivity index (χ2v) is 7.06. The molecule has 1 aliphatic carbocycles. The van der Waals surface area contributed by atoms with E-state index in [4.69, 9.17) is 5.73 Å². The standard InChI is InChI=1S/C20H24N4O4/c21-18(27)20(19(28)24-17(26)15-9-5-11-22-15)10-4-8-14(20)16(25)23-12-13-6-2-1-3-7-13/h1-3,6-8,15,22H,4-5,9-12H2,(H2,21,27)(H,23,25)(H,24,26,28)/t15-,20?/m0/s1. The summed E-state index contributed by atoms with van der Waals surface area (Å²) in [5.41, 5.74) is 4.59. The molecular formula is C20H24N4O4. The maximum Gasteiger partial charge on any atom is 0.248 e. The van der Waals surface area contributed by atoms with Crippen LogP contribution in [0.1, 0.15) is 31.2 Å². The first-order valence-electron chi connectivity index (χ1n) is 9.36. The molecule has 1 aromatic rings. The minimum absolute atomic E-state index is 0.000567. The molecule has 2 aliphatic rings. The maximum absolute atomic E-state index is 12.9. The van der Waals surface area contributed by atoms with Gasteiger partial charge in [-0.25, -0.2) is 0 Å². The Morgan fingerprint density at radius 2 is 1.93 bits per heavy atom. The Kier molecular flexibility index (Phi) is 5.89. The lowest BCUT2D eigenvalue weighted by atomic mass is 9.78. The van der Waals surface area contributed by atoms with Gasteiger partial charge in [-0.1, -0.05) is 36.4 Å². The number of carbonyl (C=O) groups excluding carboxylic acids is 4. The summed E-state index contributed by atoms with van der Waals surface area (Å²) in [5.74, 6) is -2.81. The van der Waals surface area contributed by atoms with Crippen molar-refractivity contribution < 1.29 is 19.2 Å². The second-order valence-electron chi connectivity index (χ2n) is 7.06. The van der Waals surface area contributed by atoms with Crippen LogP contribution in [0, 0.1) is 5.41 Å². The minimum Gasteiger partial charge on any atom is -0.368 e. The molecule has 1 heterocycles. The van der Waals surface area contributed by atoms with Gasteiger partial charge in [0.1, 0.15) is 0 Å². The zero-order chi connectivity index (χ0) is 20.1. The van der Waals surface area contributed by atoms with E-state index in [0.29, 0.717) is 19.4 Å². The number of nitrogens with two attached hydrogens (primary N) is 1. The van der Waals surface area contributed by atoms with Crippen LogP contribution in [0.5, 0.6) is 0 Å². The number of imide groups is 1. The van der Waals surface area contributed by atoms with Gasteiger partial charge >= 0.3 is 0 Å². The highest BCUT2D eigenvalue weighted by Crippen LogP contribution is 2.39. The highest BCUT2D eigenvalue weighted by atomic mass is 16.2. The van der Waals surface area contributed by atoms with Crippen LogP contribution in [0.4, 0.5) is 0 Å². The average Bonchev–Trinajstić information content (AvgIpc) is 3.37. The molecule has 1 saturated heterocycles. The Bertz CT molecular complexity index is 815. The Morgan fingerprint density at radius 3 is 2.57 bits per heavy atom. The second kappa shape index (κ2) is 8.35. The Morgan fingerprint density at radius 1 is 1.18 bits per heavy atom. The van der Waals surface area contributed by atoms with Gasteiger partial charge in [0.25, 0.3) is 0 Å². The van der Waals surface area contributed by atoms with Gasteiger partial charge in [-0.3, -0.25) is 24.5 Å². The van der Waals surface area contributed by atoms with E-state index in [0.717, 1.165) is 12.0 Å². The number of hydrogen-bond acceptors (Lipinski definition) is 5. The Balaban J connectivity index is 1.73. The minimum atomic E-state index is -1.84. The fourth-order valence-corrected chi connectivity index (χ4v) is 3.72. The SMILES string of the molecule is NC(=O)C1(C(=O)NC(=O)[C@@H]2CCCN2)CCC=C1C(=O)NCc1ccccc1. The summed E-state index contributed by atoms with van der Waals surface area (Å²) < 4.78 is 0. The van der Waals surface area contributed by atoms with Crippen molar-refractivity contribution in [2.45, 2.75) is 38.3 Å².